The zero-order chi connectivity index (χ0) is 24.0. The number of sulfonamides is 1. The van der Waals surface area contributed by atoms with Crippen molar-refractivity contribution < 1.29 is 22.7 Å². The molecule has 2 aromatic rings. The summed E-state index contributed by atoms with van der Waals surface area (Å²) in [5, 5.41) is 12.2. The maximum atomic E-state index is 12.8. The van der Waals surface area contributed by atoms with Crippen molar-refractivity contribution in [2.45, 2.75) is 11.8 Å². The second-order valence-electron chi connectivity index (χ2n) is 7.43. The summed E-state index contributed by atoms with van der Waals surface area (Å²) in [7, 11) is -0.585. The molecule has 1 fully saturated rings. The van der Waals surface area contributed by atoms with E-state index in [4.69, 9.17) is 9.47 Å². The van der Waals surface area contributed by atoms with Gasteiger partial charge in [-0.3, -0.25) is 4.79 Å². The number of benzene rings is 2. The number of carbonyl (C=O) groups excluding carboxylic acids is 1. The van der Waals surface area contributed by atoms with Gasteiger partial charge in [0.15, 0.2) is 11.5 Å². The van der Waals surface area contributed by atoms with E-state index >= 15 is 0 Å². The highest BCUT2D eigenvalue weighted by Crippen LogP contribution is 2.30. The van der Waals surface area contributed by atoms with Crippen LogP contribution in [0.5, 0.6) is 11.5 Å². The monoisotopic (exact) mass is 470 g/mol. The minimum Gasteiger partial charge on any atom is -0.493 e. The minimum atomic E-state index is -3.59. The molecular formula is C23H26N4O5S. The second-order valence-corrected chi connectivity index (χ2v) is 9.37. The van der Waals surface area contributed by atoms with Crippen molar-refractivity contribution in [2.75, 3.05) is 45.7 Å². The molecule has 1 aliphatic rings. The molecule has 0 saturated carbocycles. The molecule has 0 radical (unpaired) electrons. The first kappa shape index (κ1) is 24.1. The maximum Gasteiger partial charge on any atom is 0.267 e. The molecule has 33 heavy (non-hydrogen) atoms. The summed E-state index contributed by atoms with van der Waals surface area (Å²) in [6, 6.07) is 13.5. The average molecular weight is 471 g/mol. The Bertz CT molecular complexity index is 1180. The molecule has 1 N–H and O–H groups in total. The van der Waals surface area contributed by atoms with E-state index in [-0.39, 0.29) is 23.6 Å². The van der Waals surface area contributed by atoms with Gasteiger partial charge in [-0.2, -0.15) is 9.57 Å². The number of hydrogen-bond acceptors (Lipinski definition) is 7. The molecule has 2 aromatic carbocycles. The Balaban J connectivity index is 1.65. The fourth-order valence-corrected chi connectivity index (χ4v) is 4.79. The van der Waals surface area contributed by atoms with E-state index in [1.54, 1.807) is 47.4 Å². The first-order valence-corrected chi connectivity index (χ1v) is 11.7. The van der Waals surface area contributed by atoms with Crippen LogP contribution in [-0.4, -0.2) is 63.9 Å². The van der Waals surface area contributed by atoms with Crippen LogP contribution in [0.1, 0.15) is 5.56 Å². The van der Waals surface area contributed by atoms with E-state index in [2.05, 4.69) is 5.32 Å². The molecule has 0 atom stereocenters. The molecule has 0 bridgehead atoms. The molecule has 1 saturated heterocycles. The van der Waals surface area contributed by atoms with Gasteiger partial charge in [-0.25, -0.2) is 8.42 Å². The summed E-state index contributed by atoms with van der Waals surface area (Å²) in [6.45, 7) is 3.13. The van der Waals surface area contributed by atoms with Crippen LogP contribution < -0.4 is 14.8 Å². The van der Waals surface area contributed by atoms with Crippen LogP contribution in [0.15, 0.2) is 59.1 Å². The number of nitrogens with zero attached hydrogens (tertiary/aromatic N) is 3. The van der Waals surface area contributed by atoms with Crippen molar-refractivity contribution in [1.29, 1.82) is 5.26 Å². The highest BCUT2D eigenvalue weighted by atomic mass is 32.2. The smallest absolute Gasteiger partial charge is 0.267 e. The van der Waals surface area contributed by atoms with Gasteiger partial charge in [-0.15, -0.1) is 0 Å². The van der Waals surface area contributed by atoms with Gasteiger partial charge < -0.3 is 19.7 Å². The van der Waals surface area contributed by atoms with E-state index in [1.165, 1.54) is 24.7 Å². The van der Waals surface area contributed by atoms with Gasteiger partial charge in [0.05, 0.1) is 19.1 Å². The number of aryl methyl sites for hydroxylation is 1. The lowest BCUT2D eigenvalue weighted by Crippen LogP contribution is -2.46. The van der Waals surface area contributed by atoms with E-state index < -0.39 is 15.9 Å². The van der Waals surface area contributed by atoms with E-state index in [0.717, 1.165) is 5.56 Å². The predicted molar refractivity (Wildman–Crippen MR) is 123 cm³/mol. The SMILES string of the molecule is COc1ccc(NC(=O)/C(C#N)=C\N2CCN(S(=O)(=O)c3ccc(C)cc3)CC2)cc1OC. The number of carbonyl (C=O) groups is 1. The van der Waals surface area contributed by atoms with E-state index in [9.17, 15) is 18.5 Å². The van der Waals surface area contributed by atoms with Crippen molar-refractivity contribution in [2.24, 2.45) is 0 Å². The number of hydrogen-bond donors (Lipinski definition) is 1. The Kier molecular flexibility index (Phi) is 7.58. The molecule has 3 rings (SSSR count). The minimum absolute atomic E-state index is 0.0837. The van der Waals surface area contributed by atoms with Gasteiger partial charge in [0.25, 0.3) is 5.91 Å². The lowest BCUT2D eigenvalue weighted by molar-refractivity contribution is -0.112. The van der Waals surface area contributed by atoms with E-state index in [1.807, 2.05) is 13.0 Å². The molecule has 1 aliphatic heterocycles. The van der Waals surface area contributed by atoms with Gasteiger partial charge in [0.2, 0.25) is 10.0 Å². The van der Waals surface area contributed by atoms with Crippen molar-refractivity contribution >= 4 is 21.6 Å². The van der Waals surface area contributed by atoms with Gasteiger partial charge in [0.1, 0.15) is 11.6 Å². The lowest BCUT2D eigenvalue weighted by atomic mass is 10.2. The molecule has 0 aliphatic carbocycles. The van der Waals surface area contributed by atoms with E-state index in [0.29, 0.717) is 30.3 Å². The molecular weight excluding hydrogens is 444 g/mol. The Hall–Kier alpha value is -3.55. The molecule has 9 nitrogen and oxygen atoms in total. The Morgan fingerprint density at radius 2 is 1.67 bits per heavy atom. The molecule has 0 spiro atoms. The third kappa shape index (κ3) is 5.63. The highest BCUT2D eigenvalue weighted by Gasteiger charge is 2.28. The quantitative estimate of drug-likeness (QED) is 0.488. The van der Waals surface area contributed by atoms with Crippen molar-refractivity contribution in [3.8, 4) is 17.6 Å². The Morgan fingerprint density at radius 3 is 2.24 bits per heavy atom. The number of nitrogens with one attached hydrogen (secondary N) is 1. The summed E-state index contributed by atoms with van der Waals surface area (Å²) in [6.07, 6.45) is 1.46. The summed E-state index contributed by atoms with van der Waals surface area (Å²) in [4.78, 5) is 14.6. The summed E-state index contributed by atoms with van der Waals surface area (Å²) in [5.41, 5.74) is 1.35. The number of rotatable bonds is 7. The molecule has 1 amide bonds. The largest absolute Gasteiger partial charge is 0.493 e. The fourth-order valence-electron chi connectivity index (χ4n) is 3.37. The van der Waals surface area contributed by atoms with Crippen LogP contribution >= 0.6 is 0 Å². The summed E-state index contributed by atoms with van der Waals surface area (Å²) < 4.78 is 37.5. The second kappa shape index (κ2) is 10.4. The topological polar surface area (TPSA) is 112 Å². The molecule has 0 unspecified atom stereocenters. The zero-order valence-corrected chi connectivity index (χ0v) is 19.6. The molecule has 10 heteroatoms. The lowest BCUT2D eigenvalue weighted by Gasteiger charge is -2.33. The Morgan fingerprint density at radius 1 is 1.03 bits per heavy atom. The molecule has 174 valence electrons. The summed E-state index contributed by atoms with van der Waals surface area (Å²) in [5.74, 6) is 0.396. The number of anilines is 1. The number of nitriles is 1. The highest BCUT2D eigenvalue weighted by molar-refractivity contribution is 7.89. The van der Waals surface area contributed by atoms with Crippen LogP contribution in [0.25, 0.3) is 0 Å². The third-order valence-electron chi connectivity index (χ3n) is 5.25. The number of ether oxygens (including phenoxy) is 2. The number of amides is 1. The fraction of sp³-hybridized carbons (Fsp3) is 0.304. The first-order chi connectivity index (χ1) is 15.8. The van der Waals surface area contributed by atoms with Crippen LogP contribution in [0.3, 0.4) is 0 Å². The van der Waals surface area contributed by atoms with Crippen molar-refractivity contribution in [1.82, 2.24) is 9.21 Å². The zero-order valence-electron chi connectivity index (χ0n) is 18.7. The van der Waals surface area contributed by atoms with Crippen LogP contribution in [-0.2, 0) is 14.8 Å². The van der Waals surface area contributed by atoms with Crippen LogP contribution in [0.2, 0.25) is 0 Å². The van der Waals surface area contributed by atoms with Crippen LogP contribution in [0.4, 0.5) is 5.69 Å². The number of methoxy groups -OCH3 is 2. The maximum absolute atomic E-state index is 12.8. The van der Waals surface area contributed by atoms with Crippen molar-refractivity contribution in [3.05, 3.63) is 59.8 Å². The van der Waals surface area contributed by atoms with Gasteiger partial charge in [0, 0.05) is 44.1 Å². The van der Waals surface area contributed by atoms with Gasteiger partial charge >= 0.3 is 0 Å². The first-order valence-electron chi connectivity index (χ1n) is 10.2. The molecule has 0 aromatic heterocycles. The number of piperazine rings is 1. The van der Waals surface area contributed by atoms with Crippen molar-refractivity contribution in [3.63, 3.8) is 0 Å². The molecule has 1 heterocycles. The summed E-state index contributed by atoms with van der Waals surface area (Å²) >= 11 is 0. The average Bonchev–Trinajstić information content (AvgIpc) is 2.82. The Labute approximate surface area is 193 Å². The third-order valence-corrected chi connectivity index (χ3v) is 7.16. The standard InChI is InChI=1S/C23H26N4O5S/c1-17-4-7-20(8-5-17)33(29,30)27-12-10-26(11-13-27)16-18(15-24)23(28)25-19-6-9-21(31-2)22(14-19)32-3/h4-9,14,16H,10-13H2,1-3H3,(H,25,28)/b18-16-. The van der Waals surface area contributed by atoms with Gasteiger partial charge in [-0.1, -0.05) is 17.7 Å². The predicted octanol–water partition coefficient (Wildman–Crippen LogP) is 2.36. The van der Waals surface area contributed by atoms with Crippen LogP contribution in [0, 0.1) is 18.3 Å². The normalized spacial score (nSPS) is 15.0. The van der Waals surface area contributed by atoms with Gasteiger partial charge in [-0.05, 0) is 31.2 Å².